The molecule has 0 unspecified atom stereocenters. The van der Waals surface area contributed by atoms with Crippen LogP contribution < -0.4 is 5.32 Å². The van der Waals surface area contributed by atoms with Crippen molar-refractivity contribution in [1.82, 2.24) is 19.7 Å². The molecule has 0 atom stereocenters. The van der Waals surface area contributed by atoms with Crippen LogP contribution in [0.25, 0.3) is 11.4 Å². The summed E-state index contributed by atoms with van der Waals surface area (Å²) in [7, 11) is 0. The first kappa shape index (κ1) is 13.1. The van der Waals surface area contributed by atoms with Crippen molar-refractivity contribution in [3.63, 3.8) is 0 Å². The van der Waals surface area contributed by atoms with Crippen LogP contribution in [0.4, 0.5) is 5.82 Å². The smallest absolute Gasteiger partial charge is 0.164 e. The second-order valence-electron chi connectivity index (χ2n) is 5.19. The maximum absolute atomic E-state index is 4.74. The number of fused-ring (bicyclic) bond motifs is 1. The highest BCUT2D eigenvalue weighted by Crippen LogP contribution is 2.29. The molecule has 0 aliphatic heterocycles. The summed E-state index contributed by atoms with van der Waals surface area (Å²) in [5, 5.41) is 7.76. The van der Waals surface area contributed by atoms with Gasteiger partial charge in [0.25, 0.3) is 0 Å². The van der Waals surface area contributed by atoms with Crippen molar-refractivity contribution in [1.29, 1.82) is 0 Å². The van der Waals surface area contributed by atoms with Crippen molar-refractivity contribution in [3.8, 4) is 11.4 Å². The Labute approximate surface area is 119 Å². The Morgan fingerprint density at radius 1 is 1.25 bits per heavy atom. The van der Waals surface area contributed by atoms with Gasteiger partial charge in [0, 0.05) is 30.5 Å². The Hall–Kier alpha value is -1.91. The van der Waals surface area contributed by atoms with E-state index < -0.39 is 0 Å². The lowest BCUT2D eigenvalue weighted by atomic mass is 10.2. The van der Waals surface area contributed by atoms with Crippen LogP contribution in [0.5, 0.6) is 0 Å². The van der Waals surface area contributed by atoms with E-state index in [1.807, 2.05) is 17.1 Å². The lowest BCUT2D eigenvalue weighted by Crippen LogP contribution is -2.08. The van der Waals surface area contributed by atoms with Crippen LogP contribution in [0.15, 0.2) is 12.4 Å². The van der Waals surface area contributed by atoms with E-state index in [0.717, 1.165) is 49.6 Å². The van der Waals surface area contributed by atoms with Crippen LogP contribution in [-0.4, -0.2) is 26.3 Å². The van der Waals surface area contributed by atoms with Gasteiger partial charge in [0.1, 0.15) is 5.82 Å². The van der Waals surface area contributed by atoms with Crippen molar-refractivity contribution in [2.45, 2.75) is 46.1 Å². The van der Waals surface area contributed by atoms with Crippen molar-refractivity contribution in [3.05, 3.63) is 23.7 Å². The van der Waals surface area contributed by atoms with Gasteiger partial charge in [-0.2, -0.15) is 5.10 Å². The summed E-state index contributed by atoms with van der Waals surface area (Å²) < 4.78 is 1.91. The molecule has 0 bridgehead atoms. The van der Waals surface area contributed by atoms with E-state index in [9.17, 15) is 0 Å². The topological polar surface area (TPSA) is 55.6 Å². The average molecular weight is 271 g/mol. The normalized spacial score (nSPS) is 13.5. The highest BCUT2D eigenvalue weighted by molar-refractivity contribution is 5.59. The molecule has 5 nitrogen and oxygen atoms in total. The SMILES string of the molecule is CCCNc1nc(-c2cnn(CC)c2)nc2c1CCC2. The number of hydrogen-bond donors (Lipinski definition) is 1. The Morgan fingerprint density at radius 3 is 2.90 bits per heavy atom. The average Bonchev–Trinajstić information content (AvgIpc) is 3.12. The highest BCUT2D eigenvalue weighted by Gasteiger charge is 2.20. The second kappa shape index (κ2) is 5.61. The molecule has 0 saturated heterocycles. The maximum atomic E-state index is 4.74. The van der Waals surface area contributed by atoms with Crippen LogP contribution in [0.3, 0.4) is 0 Å². The molecule has 5 heteroatoms. The van der Waals surface area contributed by atoms with E-state index in [4.69, 9.17) is 9.97 Å². The molecule has 0 radical (unpaired) electrons. The lowest BCUT2D eigenvalue weighted by Gasteiger charge is -2.10. The minimum absolute atomic E-state index is 0.795. The fourth-order valence-electron chi connectivity index (χ4n) is 2.60. The molecular weight excluding hydrogens is 250 g/mol. The van der Waals surface area contributed by atoms with E-state index >= 15 is 0 Å². The molecule has 3 rings (SSSR count). The third-order valence-corrected chi connectivity index (χ3v) is 3.69. The minimum Gasteiger partial charge on any atom is -0.370 e. The molecule has 0 spiro atoms. The predicted molar refractivity (Wildman–Crippen MR) is 79.7 cm³/mol. The van der Waals surface area contributed by atoms with Crippen LogP contribution in [-0.2, 0) is 19.4 Å². The Bertz CT molecular complexity index is 602. The van der Waals surface area contributed by atoms with E-state index in [2.05, 4.69) is 24.3 Å². The quantitative estimate of drug-likeness (QED) is 0.908. The van der Waals surface area contributed by atoms with Gasteiger partial charge in [-0.05, 0) is 32.6 Å². The molecule has 106 valence electrons. The molecule has 0 fully saturated rings. The van der Waals surface area contributed by atoms with Gasteiger partial charge in [-0.15, -0.1) is 0 Å². The summed E-state index contributed by atoms with van der Waals surface area (Å²) in [5.74, 6) is 1.82. The largest absolute Gasteiger partial charge is 0.370 e. The van der Waals surface area contributed by atoms with Crippen LogP contribution in [0, 0.1) is 0 Å². The van der Waals surface area contributed by atoms with Crippen molar-refractivity contribution < 1.29 is 0 Å². The second-order valence-corrected chi connectivity index (χ2v) is 5.19. The first-order valence-electron chi connectivity index (χ1n) is 7.48. The van der Waals surface area contributed by atoms with Crippen LogP contribution in [0.2, 0.25) is 0 Å². The molecular formula is C15H21N5. The van der Waals surface area contributed by atoms with E-state index in [-0.39, 0.29) is 0 Å². The van der Waals surface area contributed by atoms with Gasteiger partial charge in [0.05, 0.1) is 11.8 Å². The molecule has 20 heavy (non-hydrogen) atoms. The summed E-state index contributed by atoms with van der Waals surface area (Å²) in [6, 6.07) is 0. The molecule has 0 aromatic carbocycles. The summed E-state index contributed by atoms with van der Waals surface area (Å²) in [6.07, 6.45) is 8.30. The number of aromatic nitrogens is 4. The van der Waals surface area contributed by atoms with Gasteiger partial charge in [-0.1, -0.05) is 6.92 Å². The van der Waals surface area contributed by atoms with Crippen molar-refractivity contribution >= 4 is 5.82 Å². The van der Waals surface area contributed by atoms with Gasteiger partial charge in [-0.25, -0.2) is 9.97 Å². The highest BCUT2D eigenvalue weighted by atomic mass is 15.3. The van der Waals surface area contributed by atoms with Gasteiger partial charge in [0.2, 0.25) is 0 Å². The molecule has 0 saturated carbocycles. The predicted octanol–water partition coefficient (Wildman–Crippen LogP) is 2.67. The zero-order chi connectivity index (χ0) is 13.9. The summed E-state index contributed by atoms with van der Waals surface area (Å²) >= 11 is 0. The number of hydrogen-bond acceptors (Lipinski definition) is 4. The van der Waals surface area contributed by atoms with Crippen molar-refractivity contribution in [2.75, 3.05) is 11.9 Å². The van der Waals surface area contributed by atoms with E-state index in [1.165, 1.54) is 17.7 Å². The standard InChI is InChI=1S/C15H21N5/c1-3-8-16-15-12-6-5-7-13(12)18-14(19-15)11-9-17-20(4-2)10-11/h9-10H,3-8H2,1-2H3,(H,16,18,19). The number of aryl methyl sites for hydroxylation is 2. The van der Waals surface area contributed by atoms with Gasteiger partial charge >= 0.3 is 0 Å². The number of nitrogens with one attached hydrogen (secondary N) is 1. The third-order valence-electron chi connectivity index (χ3n) is 3.69. The van der Waals surface area contributed by atoms with Gasteiger partial charge in [-0.3, -0.25) is 4.68 Å². The first-order chi connectivity index (χ1) is 9.81. The Balaban J connectivity index is 1.99. The molecule has 1 N–H and O–H groups in total. The first-order valence-corrected chi connectivity index (χ1v) is 7.48. The molecule has 1 aliphatic rings. The molecule has 0 amide bonds. The van der Waals surface area contributed by atoms with Gasteiger partial charge in [0.15, 0.2) is 5.82 Å². The molecule has 2 aromatic rings. The zero-order valence-corrected chi connectivity index (χ0v) is 12.2. The summed E-state index contributed by atoms with van der Waals surface area (Å²) in [5.41, 5.74) is 3.52. The molecule has 2 aromatic heterocycles. The molecule has 2 heterocycles. The van der Waals surface area contributed by atoms with Gasteiger partial charge < -0.3 is 5.32 Å². The van der Waals surface area contributed by atoms with E-state index in [0.29, 0.717) is 0 Å². The fraction of sp³-hybridized carbons (Fsp3) is 0.533. The number of rotatable bonds is 5. The summed E-state index contributed by atoms with van der Waals surface area (Å²) in [4.78, 5) is 9.46. The van der Waals surface area contributed by atoms with E-state index in [1.54, 1.807) is 0 Å². The lowest BCUT2D eigenvalue weighted by molar-refractivity contribution is 0.660. The third kappa shape index (κ3) is 2.40. The van der Waals surface area contributed by atoms with Crippen LogP contribution in [0.1, 0.15) is 37.9 Å². The minimum atomic E-state index is 0.795. The fourth-order valence-corrected chi connectivity index (χ4v) is 2.60. The Morgan fingerprint density at radius 2 is 2.15 bits per heavy atom. The monoisotopic (exact) mass is 271 g/mol. The molecule has 1 aliphatic carbocycles. The maximum Gasteiger partial charge on any atom is 0.164 e. The zero-order valence-electron chi connectivity index (χ0n) is 12.2. The van der Waals surface area contributed by atoms with Crippen LogP contribution >= 0.6 is 0 Å². The van der Waals surface area contributed by atoms with Crippen molar-refractivity contribution in [2.24, 2.45) is 0 Å². The summed E-state index contributed by atoms with van der Waals surface area (Å²) in [6.45, 7) is 6.07. The Kier molecular flexibility index (Phi) is 3.67. The number of nitrogens with zero attached hydrogens (tertiary/aromatic N) is 4. The number of anilines is 1.